The van der Waals surface area contributed by atoms with Crippen LogP contribution in [0.2, 0.25) is 5.02 Å². The Hall–Kier alpha value is -3.52. The van der Waals surface area contributed by atoms with Crippen molar-refractivity contribution in [1.29, 1.82) is 0 Å². The third kappa shape index (κ3) is 4.14. The average molecular weight is 468 g/mol. The van der Waals surface area contributed by atoms with E-state index in [1.54, 1.807) is 26.4 Å². The van der Waals surface area contributed by atoms with Crippen LogP contribution in [0.3, 0.4) is 0 Å². The van der Waals surface area contributed by atoms with E-state index in [9.17, 15) is 4.39 Å². The van der Waals surface area contributed by atoms with Gasteiger partial charge < -0.3 is 23.7 Å². The summed E-state index contributed by atoms with van der Waals surface area (Å²) in [5.74, 6) is 1.42. The maximum absolute atomic E-state index is 13.5. The lowest BCUT2D eigenvalue weighted by Crippen LogP contribution is -2.46. The first-order valence-corrected chi connectivity index (χ1v) is 11.0. The van der Waals surface area contributed by atoms with Gasteiger partial charge in [-0.3, -0.25) is 0 Å². The van der Waals surface area contributed by atoms with Crippen molar-refractivity contribution in [3.63, 3.8) is 0 Å². The molecule has 0 amide bonds. The molecule has 4 aromatic rings. The van der Waals surface area contributed by atoms with Gasteiger partial charge in [0.2, 0.25) is 5.95 Å². The van der Waals surface area contributed by atoms with Crippen LogP contribution in [0.1, 0.15) is 0 Å². The van der Waals surface area contributed by atoms with E-state index in [4.69, 9.17) is 26.1 Å². The van der Waals surface area contributed by atoms with E-state index in [1.165, 1.54) is 6.07 Å². The molecule has 170 valence electrons. The number of methoxy groups -OCH3 is 2. The molecule has 1 aliphatic heterocycles. The standard InChI is InChI=1S/C24H23ClFN5O2/c1-32-20-14-21(33-2)18(25)13-17(20)19-15-31-7-6-16(12-24(31)27-19)29-8-10-30(11-9-29)23-5-3-4-22(26)28-23/h3-7,12-15H,8-11H2,1-2H3. The van der Waals surface area contributed by atoms with Crippen molar-refractivity contribution in [1.82, 2.24) is 14.4 Å². The summed E-state index contributed by atoms with van der Waals surface area (Å²) in [7, 11) is 3.18. The number of rotatable bonds is 5. The highest BCUT2D eigenvalue weighted by Gasteiger charge is 2.20. The van der Waals surface area contributed by atoms with Crippen molar-refractivity contribution in [2.45, 2.75) is 0 Å². The normalized spacial score (nSPS) is 14.1. The molecule has 1 aromatic carbocycles. The van der Waals surface area contributed by atoms with Gasteiger partial charge in [-0.25, -0.2) is 9.97 Å². The zero-order chi connectivity index (χ0) is 22.9. The van der Waals surface area contributed by atoms with Crippen LogP contribution < -0.4 is 19.3 Å². The van der Waals surface area contributed by atoms with Gasteiger partial charge in [0.25, 0.3) is 0 Å². The molecule has 1 saturated heterocycles. The van der Waals surface area contributed by atoms with Crippen molar-refractivity contribution in [3.8, 4) is 22.8 Å². The number of nitrogens with zero attached hydrogens (tertiary/aromatic N) is 5. The fourth-order valence-corrected chi connectivity index (χ4v) is 4.37. The minimum Gasteiger partial charge on any atom is -0.496 e. The first kappa shape index (κ1) is 21.3. The van der Waals surface area contributed by atoms with E-state index in [0.717, 1.165) is 48.8 Å². The van der Waals surface area contributed by atoms with Gasteiger partial charge in [-0.05, 0) is 24.3 Å². The summed E-state index contributed by atoms with van der Waals surface area (Å²) >= 11 is 6.35. The third-order valence-corrected chi connectivity index (χ3v) is 6.16. The third-order valence-electron chi connectivity index (χ3n) is 5.86. The molecule has 0 N–H and O–H groups in total. The second-order valence-corrected chi connectivity index (χ2v) is 8.16. The summed E-state index contributed by atoms with van der Waals surface area (Å²) in [4.78, 5) is 13.2. The summed E-state index contributed by atoms with van der Waals surface area (Å²) in [6, 6.07) is 12.6. The van der Waals surface area contributed by atoms with Crippen LogP contribution in [0.25, 0.3) is 16.9 Å². The molecule has 4 heterocycles. The van der Waals surface area contributed by atoms with Gasteiger partial charge in [0.05, 0.1) is 24.9 Å². The van der Waals surface area contributed by atoms with E-state index < -0.39 is 5.95 Å². The summed E-state index contributed by atoms with van der Waals surface area (Å²) in [6.45, 7) is 3.15. The predicted molar refractivity (Wildman–Crippen MR) is 127 cm³/mol. The van der Waals surface area contributed by atoms with Crippen LogP contribution in [-0.4, -0.2) is 54.8 Å². The zero-order valence-corrected chi connectivity index (χ0v) is 19.1. The number of ether oxygens (including phenoxy) is 2. The van der Waals surface area contributed by atoms with Gasteiger partial charge in [-0.1, -0.05) is 17.7 Å². The van der Waals surface area contributed by atoms with Gasteiger partial charge in [-0.15, -0.1) is 0 Å². The van der Waals surface area contributed by atoms with Crippen LogP contribution in [0.4, 0.5) is 15.9 Å². The van der Waals surface area contributed by atoms with Gasteiger partial charge in [-0.2, -0.15) is 4.39 Å². The molecule has 33 heavy (non-hydrogen) atoms. The summed E-state index contributed by atoms with van der Waals surface area (Å²) in [5.41, 5.74) is 3.47. The van der Waals surface area contributed by atoms with E-state index in [1.807, 2.05) is 28.9 Å². The highest BCUT2D eigenvalue weighted by molar-refractivity contribution is 6.32. The topological polar surface area (TPSA) is 55.1 Å². The summed E-state index contributed by atoms with van der Waals surface area (Å²) in [6.07, 6.45) is 3.95. The molecule has 0 saturated carbocycles. The van der Waals surface area contributed by atoms with E-state index in [2.05, 4.69) is 26.9 Å². The molecule has 0 bridgehead atoms. The second kappa shape index (κ2) is 8.78. The molecule has 0 spiro atoms. The lowest BCUT2D eigenvalue weighted by molar-refractivity contribution is 0.395. The number of halogens is 2. The first-order valence-electron chi connectivity index (χ1n) is 10.6. The van der Waals surface area contributed by atoms with E-state index >= 15 is 0 Å². The predicted octanol–water partition coefficient (Wildman–Crippen LogP) is 4.53. The molecule has 7 nitrogen and oxygen atoms in total. The lowest BCUT2D eigenvalue weighted by Gasteiger charge is -2.36. The van der Waals surface area contributed by atoms with Crippen molar-refractivity contribution in [3.05, 3.63) is 65.8 Å². The SMILES string of the molecule is COc1cc(OC)c(-c2cn3ccc(N4CCN(c5cccc(F)n5)CC4)cc3n2)cc1Cl. The molecular formula is C24H23ClFN5O2. The smallest absolute Gasteiger partial charge is 0.214 e. The highest BCUT2D eigenvalue weighted by atomic mass is 35.5. The van der Waals surface area contributed by atoms with Gasteiger partial charge in [0.15, 0.2) is 0 Å². The van der Waals surface area contributed by atoms with Crippen molar-refractivity contribution in [2.75, 3.05) is 50.2 Å². The summed E-state index contributed by atoms with van der Waals surface area (Å²) < 4.78 is 26.3. The number of aromatic nitrogens is 3. The molecule has 0 radical (unpaired) electrons. The largest absolute Gasteiger partial charge is 0.496 e. The molecular weight excluding hydrogens is 445 g/mol. The molecule has 9 heteroatoms. The Morgan fingerprint density at radius 1 is 0.909 bits per heavy atom. The average Bonchev–Trinajstić information content (AvgIpc) is 3.27. The molecule has 1 aliphatic rings. The maximum atomic E-state index is 13.5. The van der Waals surface area contributed by atoms with Gasteiger partial charge in [0.1, 0.15) is 23.0 Å². The number of imidazole rings is 1. The Balaban J connectivity index is 1.38. The summed E-state index contributed by atoms with van der Waals surface area (Å²) in [5, 5.41) is 0.497. The Morgan fingerprint density at radius 2 is 1.67 bits per heavy atom. The number of hydrogen-bond donors (Lipinski definition) is 0. The molecule has 0 unspecified atom stereocenters. The first-order chi connectivity index (χ1) is 16.1. The van der Waals surface area contributed by atoms with E-state index in [-0.39, 0.29) is 0 Å². The fraction of sp³-hybridized carbons (Fsp3) is 0.250. The number of piperazine rings is 1. The van der Waals surface area contributed by atoms with Crippen LogP contribution in [0.15, 0.2) is 54.9 Å². The fourth-order valence-electron chi connectivity index (χ4n) is 4.13. The number of hydrogen-bond acceptors (Lipinski definition) is 6. The molecule has 1 fully saturated rings. The Labute approximate surface area is 196 Å². The van der Waals surface area contributed by atoms with Crippen molar-refractivity contribution in [2.24, 2.45) is 0 Å². The van der Waals surface area contributed by atoms with Crippen LogP contribution in [0.5, 0.6) is 11.5 Å². The molecule has 0 aliphatic carbocycles. The van der Waals surface area contributed by atoms with Crippen molar-refractivity contribution < 1.29 is 13.9 Å². The Morgan fingerprint density at radius 3 is 2.39 bits per heavy atom. The van der Waals surface area contributed by atoms with Crippen LogP contribution in [-0.2, 0) is 0 Å². The number of anilines is 2. The highest BCUT2D eigenvalue weighted by Crippen LogP contribution is 2.38. The van der Waals surface area contributed by atoms with E-state index in [0.29, 0.717) is 22.3 Å². The molecule has 3 aromatic heterocycles. The van der Waals surface area contributed by atoms with Gasteiger partial charge >= 0.3 is 0 Å². The minimum atomic E-state index is -0.453. The number of fused-ring (bicyclic) bond motifs is 1. The lowest BCUT2D eigenvalue weighted by atomic mass is 10.1. The quantitative estimate of drug-likeness (QED) is 0.402. The minimum absolute atomic E-state index is 0.453. The molecule has 0 atom stereocenters. The van der Waals surface area contributed by atoms with Crippen LogP contribution >= 0.6 is 11.6 Å². The van der Waals surface area contributed by atoms with Crippen molar-refractivity contribution >= 4 is 28.8 Å². The Bertz CT molecular complexity index is 1300. The maximum Gasteiger partial charge on any atom is 0.214 e. The van der Waals surface area contributed by atoms with Gasteiger partial charge in [0, 0.05) is 62.0 Å². The van der Waals surface area contributed by atoms with Crippen LogP contribution in [0, 0.1) is 5.95 Å². The molecule has 5 rings (SSSR count). The number of benzene rings is 1. The zero-order valence-electron chi connectivity index (χ0n) is 18.3. The monoisotopic (exact) mass is 467 g/mol. The second-order valence-electron chi connectivity index (χ2n) is 7.76. The Kier molecular flexibility index (Phi) is 5.68. The number of pyridine rings is 2.